The molecule has 3 heteroatoms. The summed E-state index contributed by atoms with van der Waals surface area (Å²) in [6.07, 6.45) is 3.61. The first-order valence-electron chi connectivity index (χ1n) is 6.56. The highest BCUT2D eigenvalue weighted by Gasteiger charge is 2.25. The Morgan fingerprint density at radius 3 is 2.50 bits per heavy atom. The molecule has 0 aliphatic carbocycles. The molecule has 0 bridgehead atoms. The Bertz CT molecular complexity index is 246. The second kappa shape index (κ2) is 5.55. The van der Waals surface area contributed by atoms with Crippen LogP contribution in [0.5, 0.6) is 0 Å². The molecule has 0 N–H and O–H groups in total. The number of nitrogens with zero attached hydrogens (tertiary/aromatic N) is 3. The third kappa shape index (κ3) is 3.39. The number of hydrogen-bond acceptors (Lipinski definition) is 1. The van der Waals surface area contributed by atoms with Crippen LogP contribution in [0, 0.1) is 0 Å². The van der Waals surface area contributed by atoms with E-state index in [0.717, 1.165) is 26.1 Å². The van der Waals surface area contributed by atoms with Crippen LogP contribution in [-0.4, -0.2) is 48.0 Å². The van der Waals surface area contributed by atoms with Gasteiger partial charge in [0.05, 0.1) is 5.54 Å². The lowest BCUT2D eigenvalue weighted by molar-refractivity contribution is 0.427. The summed E-state index contributed by atoms with van der Waals surface area (Å²) < 4.78 is 0. The van der Waals surface area contributed by atoms with E-state index in [-0.39, 0.29) is 5.54 Å². The second-order valence-corrected chi connectivity index (χ2v) is 5.34. The molecule has 1 rings (SSSR count). The monoisotopic (exact) mass is 225 g/mol. The lowest BCUT2D eigenvalue weighted by Crippen LogP contribution is -2.35. The molecular formula is C13H27N3. The van der Waals surface area contributed by atoms with Gasteiger partial charge in [-0.3, -0.25) is 0 Å². The van der Waals surface area contributed by atoms with Gasteiger partial charge in [-0.05, 0) is 26.7 Å². The summed E-state index contributed by atoms with van der Waals surface area (Å²) in [4.78, 5) is 9.63. The Balaban J connectivity index is 2.73. The van der Waals surface area contributed by atoms with Crippen molar-refractivity contribution in [2.45, 2.75) is 52.5 Å². The van der Waals surface area contributed by atoms with Crippen molar-refractivity contribution in [2.75, 3.05) is 26.7 Å². The lowest BCUT2D eigenvalue weighted by Gasteiger charge is -2.26. The normalized spacial score (nSPS) is 19.9. The van der Waals surface area contributed by atoms with Gasteiger partial charge in [0, 0.05) is 26.7 Å². The van der Waals surface area contributed by atoms with Gasteiger partial charge in [0.1, 0.15) is 0 Å². The van der Waals surface area contributed by atoms with E-state index in [4.69, 9.17) is 4.99 Å². The fourth-order valence-electron chi connectivity index (χ4n) is 1.78. The number of rotatable bonds is 5. The van der Waals surface area contributed by atoms with Crippen LogP contribution in [0.25, 0.3) is 0 Å². The van der Waals surface area contributed by atoms with Crippen molar-refractivity contribution in [2.24, 2.45) is 4.99 Å². The molecule has 0 unspecified atom stereocenters. The van der Waals surface area contributed by atoms with Gasteiger partial charge in [0.25, 0.3) is 0 Å². The zero-order chi connectivity index (χ0) is 12.2. The van der Waals surface area contributed by atoms with Crippen LogP contribution < -0.4 is 0 Å². The molecule has 0 aromatic rings. The highest BCUT2D eigenvalue weighted by Crippen LogP contribution is 2.18. The Morgan fingerprint density at radius 1 is 1.25 bits per heavy atom. The minimum absolute atomic E-state index is 0.0679. The van der Waals surface area contributed by atoms with Crippen LogP contribution >= 0.6 is 0 Å². The first kappa shape index (κ1) is 13.3. The molecule has 1 saturated heterocycles. The Labute approximate surface area is 101 Å². The highest BCUT2D eigenvalue weighted by molar-refractivity contribution is 5.82. The van der Waals surface area contributed by atoms with E-state index in [1.54, 1.807) is 0 Å². The molecule has 16 heavy (non-hydrogen) atoms. The summed E-state index contributed by atoms with van der Waals surface area (Å²) in [7, 11) is 2.15. The molecule has 94 valence electrons. The van der Waals surface area contributed by atoms with E-state index in [1.165, 1.54) is 18.8 Å². The number of hydrogen-bond donors (Lipinski definition) is 0. The summed E-state index contributed by atoms with van der Waals surface area (Å²) >= 11 is 0. The van der Waals surface area contributed by atoms with Crippen molar-refractivity contribution >= 4 is 5.96 Å². The van der Waals surface area contributed by atoms with Crippen molar-refractivity contribution in [3.63, 3.8) is 0 Å². The molecule has 1 fully saturated rings. The van der Waals surface area contributed by atoms with E-state index in [9.17, 15) is 0 Å². The predicted molar refractivity (Wildman–Crippen MR) is 70.9 cm³/mol. The van der Waals surface area contributed by atoms with Crippen LogP contribution in [0.3, 0.4) is 0 Å². The molecule has 0 radical (unpaired) electrons. The zero-order valence-electron chi connectivity index (χ0n) is 11.6. The van der Waals surface area contributed by atoms with Gasteiger partial charge in [-0.25, -0.2) is 4.99 Å². The molecular weight excluding hydrogens is 198 g/mol. The average molecular weight is 225 g/mol. The first-order chi connectivity index (χ1) is 7.50. The molecule has 0 spiro atoms. The van der Waals surface area contributed by atoms with Crippen molar-refractivity contribution in [3.8, 4) is 0 Å². The molecule has 0 aromatic heterocycles. The summed E-state index contributed by atoms with van der Waals surface area (Å²) in [6.45, 7) is 12.3. The number of unbranched alkanes of at least 4 members (excludes halogenated alkanes) is 1. The molecule has 1 heterocycles. The minimum atomic E-state index is 0.0679. The molecule has 0 aromatic carbocycles. The lowest BCUT2D eigenvalue weighted by atomic mass is 10.0. The van der Waals surface area contributed by atoms with Gasteiger partial charge >= 0.3 is 0 Å². The first-order valence-corrected chi connectivity index (χ1v) is 6.56. The molecule has 0 atom stereocenters. The summed E-state index contributed by atoms with van der Waals surface area (Å²) in [5, 5.41) is 0. The van der Waals surface area contributed by atoms with E-state index in [0.29, 0.717) is 0 Å². The van der Waals surface area contributed by atoms with Gasteiger partial charge in [-0.15, -0.1) is 0 Å². The van der Waals surface area contributed by atoms with Gasteiger partial charge in [-0.2, -0.15) is 0 Å². The van der Waals surface area contributed by atoms with Crippen LogP contribution in [0.1, 0.15) is 47.0 Å². The highest BCUT2D eigenvalue weighted by atomic mass is 15.4. The Kier molecular flexibility index (Phi) is 4.63. The van der Waals surface area contributed by atoms with Crippen LogP contribution in [0.15, 0.2) is 4.99 Å². The van der Waals surface area contributed by atoms with Crippen molar-refractivity contribution in [1.82, 2.24) is 9.80 Å². The third-order valence-corrected chi connectivity index (χ3v) is 3.38. The largest absolute Gasteiger partial charge is 0.344 e. The van der Waals surface area contributed by atoms with E-state index in [2.05, 4.69) is 44.5 Å². The fraction of sp³-hybridized carbons (Fsp3) is 0.923. The van der Waals surface area contributed by atoms with Crippen LogP contribution in [-0.2, 0) is 0 Å². The van der Waals surface area contributed by atoms with E-state index in [1.807, 2.05) is 0 Å². The quantitative estimate of drug-likeness (QED) is 0.716. The van der Waals surface area contributed by atoms with E-state index >= 15 is 0 Å². The maximum absolute atomic E-state index is 4.91. The Hall–Kier alpha value is -0.730. The van der Waals surface area contributed by atoms with Gasteiger partial charge in [-0.1, -0.05) is 20.3 Å². The van der Waals surface area contributed by atoms with Crippen molar-refractivity contribution < 1.29 is 0 Å². The smallest absolute Gasteiger partial charge is 0.196 e. The fourth-order valence-corrected chi connectivity index (χ4v) is 1.78. The van der Waals surface area contributed by atoms with Crippen molar-refractivity contribution in [1.29, 1.82) is 0 Å². The molecule has 0 saturated carbocycles. The molecule has 1 aliphatic rings. The SMILES string of the molecule is CCCCN1CCN(C)C1=NC(C)(C)CC. The summed E-state index contributed by atoms with van der Waals surface area (Å²) in [5.74, 6) is 1.19. The third-order valence-electron chi connectivity index (χ3n) is 3.38. The maximum atomic E-state index is 4.91. The molecule has 0 amide bonds. The second-order valence-electron chi connectivity index (χ2n) is 5.34. The minimum Gasteiger partial charge on any atom is -0.344 e. The topological polar surface area (TPSA) is 18.8 Å². The zero-order valence-corrected chi connectivity index (χ0v) is 11.6. The average Bonchev–Trinajstić information content (AvgIpc) is 2.57. The van der Waals surface area contributed by atoms with Crippen molar-refractivity contribution in [3.05, 3.63) is 0 Å². The summed E-state index contributed by atoms with van der Waals surface area (Å²) in [5.41, 5.74) is 0.0679. The summed E-state index contributed by atoms with van der Waals surface area (Å²) in [6, 6.07) is 0. The predicted octanol–water partition coefficient (Wildman–Crippen LogP) is 2.58. The molecule has 1 aliphatic heterocycles. The van der Waals surface area contributed by atoms with Crippen LogP contribution in [0.4, 0.5) is 0 Å². The number of guanidine groups is 1. The van der Waals surface area contributed by atoms with Gasteiger partial charge in [0.2, 0.25) is 0 Å². The number of likely N-dealkylation sites (N-methyl/N-ethyl adjacent to an activating group) is 1. The van der Waals surface area contributed by atoms with Crippen LogP contribution in [0.2, 0.25) is 0 Å². The van der Waals surface area contributed by atoms with Gasteiger partial charge in [0.15, 0.2) is 5.96 Å². The van der Waals surface area contributed by atoms with Gasteiger partial charge < -0.3 is 9.80 Å². The van der Waals surface area contributed by atoms with E-state index < -0.39 is 0 Å². The standard InChI is InChI=1S/C13H27N3/c1-6-8-9-16-11-10-15(5)12(16)14-13(3,4)7-2/h6-11H2,1-5H3. The maximum Gasteiger partial charge on any atom is 0.196 e. The Morgan fingerprint density at radius 2 is 1.94 bits per heavy atom. The molecule has 3 nitrogen and oxygen atoms in total. The number of aliphatic imine (C=N–C) groups is 1.